The van der Waals surface area contributed by atoms with Crippen molar-refractivity contribution in [2.45, 2.75) is 6.42 Å². The summed E-state index contributed by atoms with van der Waals surface area (Å²) >= 11 is 6.06. The Morgan fingerprint density at radius 3 is 2.94 bits per heavy atom. The van der Waals surface area contributed by atoms with Crippen molar-refractivity contribution in [3.05, 3.63) is 35.0 Å². The number of ether oxygens (including phenoxy) is 1. The number of aromatic nitrogens is 1. The van der Waals surface area contributed by atoms with Crippen LogP contribution in [0.4, 0.5) is 0 Å². The molecule has 0 atom stereocenters. The van der Waals surface area contributed by atoms with Crippen molar-refractivity contribution in [2.24, 2.45) is 5.73 Å². The Kier molecular flexibility index (Phi) is 3.66. The zero-order valence-electron chi connectivity index (χ0n) is 9.44. The van der Waals surface area contributed by atoms with Crippen LogP contribution in [0.2, 0.25) is 5.02 Å². The fourth-order valence-electron chi connectivity index (χ4n) is 1.64. The normalized spacial score (nSPS) is 10.5. The second-order valence-electron chi connectivity index (χ2n) is 3.57. The summed E-state index contributed by atoms with van der Waals surface area (Å²) in [6, 6.07) is 5.47. The third kappa shape index (κ3) is 2.43. The van der Waals surface area contributed by atoms with E-state index in [9.17, 15) is 0 Å². The molecule has 90 valence electrons. The number of methoxy groups -OCH3 is 1. The van der Waals surface area contributed by atoms with Crippen LogP contribution in [0.15, 0.2) is 28.9 Å². The molecule has 17 heavy (non-hydrogen) atoms. The molecule has 2 N–H and O–H groups in total. The Hall–Kier alpha value is -1.52. The zero-order valence-corrected chi connectivity index (χ0v) is 10.2. The molecule has 1 heterocycles. The van der Waals surface area contributed by atoms with Crippen LogP contribution in [0.1, 0.15) is 5.56 Å². The van der Waals surface area contributed by atoms with Crippen molar-refractivity contribution in [3.63, 3.8) is 0 Å². The number of hydrogen-bond donors (Lipinski definition) is 1. The van der Waals surface area contributed by atoms with Crippen molar-refractivity contribution >= 4 is 11.6 Å². The molecule has 0 saturated carbocycles. The summed E-state index contributed by atoms with van der Waals surface area (Å²) in [7, 11) is 1.58. The van der Waals surface area contributed by atoms with Gasteiger partial charge >= 0.3 is 0 Å². The monoisotopic (exact) mass is 252 g/mol. The van der Waals surface area contributed by atoms with Gasteiger partial charge in [0, 0.05) is 11.1 Å². The highest BCUT2D eigenvalue weighted by molar-refractivity contribution is 6.32. The maximum atomic E-state index is 6.06. The molecular formula is C12H13ClN2O2. The standard InChI is InChI=1S/C12H13ClN2O2/c1-16-11-3-2-8(6-10(11)13)12-9(4-5-14)7-15-17-12/h2-3,6-7H,4-5,14H2,1H3. The summed E-state index contributed by atoms with van der Waals surface area (Å²) in [6.45, 7) is 0.554. The number of nitrogens with two attached hydrogens (primary N) is 1. The number of benzene rings is 1. The number of nitrogens with zero attached hydrogens (tertiary/aromatic N) is 1. The van der Waals surface area contributed by atoms with E-state index in [-0.39, 0.29) is 0 Å². The quantitative estimate of drug-likeness (QED) is 0.908. The molecule has 0 fully saturated rings. The highest BCUT2D eigenvalue weighted by Gasteiger charge is 2.12. The van der Waals surface area contributed by atoms with Crippen molar-refractivity contribution < 1.29 is 9.26 Å². The smallest absolute Gasteiger partial charge is 0.170 e. The second-order valence-corrected chi connectivity index (χ2v) is 3.98. The molecule has 2 rings (SSSR count). The molecule has 0 aliphatic carbocycles. The van der Waals surface area contributed by atoms with Crippen LogP contribution < -0.4 is 10.5 Å². The van der Waals surface area contributed by atoms with Gasteiger partial charge in [-0.2, -0.15) is 0 Å². The van der Waals surface area contributed by atoms with Crippen molar-refractivity contribution in [1.82, 2.24) is 5.16 Å². The Morgan fingerprint density at radius 1 is 1.47 bits per heavy atom. The minimum atomic E-state index is 0.542. The van der Waals surface area contributed by atoms with E-state index in [2.05, 4.69) is 5.16 Å². The highest BCUT2D eigenvalue weighted by atomic mass is 35.5. The van der Waals surface area contributed by atoms with Crippen molar-refractivity contribution in [3.8, 4) is 17.1 Å². The average molecular weight is 253 g/mol. The highest BCUT2D eigenvalue weighted by Crippen LogP contribution is 2.31. The summed E-state index contributed by atoms with van der Waals surface area (Å²) in [5, 5.41) is 4.33. The van der Waals surface area contributed by atoms with Gasteiger partial charge in [0.15, 0.2) is 5.76 Å². The van der Waals surface area contributed by atoms with E-state index in [1.807, 2.05) is 6.07 Å². The number of halogens is 1. The number of hydrogen-bond acceptors (Lipinski definition) is 4. The van der Waals surface area contributed by atoms with E-state index in [0.717, 1.165) is 17.5 Å². The molecule has 0 saturated heterocycles. The summed E-state index contributed by atoms with van der Waals surface area (Å²) < 4.78 is 10.3. The Morgan fingerprint density at radius 2 is 2.29 bits per heavy atom. The van der Waals surface area contributed by atoms with Crippen LogP contribution in [-0.4, -0.2) is 18.8 Å². The summed E-state index contributed by atoms with van der Waals surface area (Å²) in [5.74, 6) is 1.34. The molecule has 1 aromatic heterocycles. The molecule has 0 unspecified atom stereocenters. The van der Waals surface area contributed by atoms with Gasteiger partial charge in [-0.05, 0) is 31.2 Å². The first-order valence-corrected chi connectivity index (χ1v) is 5.61. The Labute approximate surface area is 104 Å². The molecule has 0 amide bonds. The summed E-state index contributed by atoms with van der Waals surface area (Å²) in [5.41, 5.74) is 7.38. The van der Waals surface area contributed by atoms with Gasteiger partial charge in [0.1, 0.15) is 5.75 Å². The first-order chi connectivity index (χ1) is 8.26. The maximum absolute atomic E-state index is 6.06. The van der Waals surface area contributed by atoms with E-state index in [4.69, 9.17) is 26.6 Å². The summed E-state index contributed by atoms with van der Waals surface area (Å²) in [4.78, 5) is 0. The van der Waals surface area contributed by atoms with Gasteiger partial charge in [0.25, 0.3) is 0 Å². The predicted octanol–water partition coefficient (Wildman–Crippen LogP) is 2.50. The third-order valence-corrected chi connectivity index (χ3v) is 2.77. The first kappa shape index (κ1) is 12.0. The van der Waals surface area contributed by atoms with E-state index >= 15 is 0 Å². The molecule has 1 aromatic carbocycles. The van der Waals surface area contributed by atoms with Crippen LogP contribution in [0.3, 0.4) is 0 Å². The Balaban J connectivity index is 2.39. The minimum Gasteiger partial charge on any atom is -0.495 e. The molecule has 4 nitrogen and oxygen atoms in total. The summed E-state index contributed by atoms with van der Waals surface area (Å²) in [6.07, 6.45) is 2.41. The van der Waals surface area contributed by atoms with E-state index in [1.54, 1.807) is 25.4 Å². The molecule has 2 aromatic rings. The van der Waals surface area contributed by atoms with Crippen LogP contribution in [0, 0.1) is 0 Å². The van der Waals surface area contributed by atoms with Crippen LogP contribution in [-0.2, 0) is 6.42 Å². The topological polar surface area (TPSA) is 61.3 Å². The molecule has 0 radical (unpaired) electrons. The SMILES string of the molecule is COc1ccc(-c2oncc2CCN)cc1Cl. The number of rotatable bonds is 4. The van der Waals surface area contributed by atoms with Gasteiger partial charge in [-0.15, -0.1) is 0 Å². The van der Waals surface area contributed by atoms with E-state index < -0.39 is 0 Å². The lowest BCUT2D eigenvalue weighted by atomic mass is 10.1. The van der Waals surface area contributed by atoms with Gasteiger partial charge in [-0.1, -0.05) is 16.8 Å². The molecule has 5 heteroatoms. The minimum absolute atomic E-state index is 0.542. The lowest BCUT2D eigenvalue weighted by Crippen LogP contribution is -2.02. The Bertz CT molecular complexity index is 511. The van der Waals surface area contributed by atoms with Gasteiger partial charge < -0.3 is 15.0 Å². The fourth-order valence-corrected chi connectivity index (χ4v) is 1.90. The average Bonchev–Trinajstić information content (AvgIpc) is 2.78. The maximum Gasteiger partial charge on any atom is 0.170 e. The molecule has 0 aliphatic rings. The van der Waals surface area contributed by atoms with Gasteiger partial charge in [0.2, 0.25) is 0 Å². The van der Waals surface area contributed by atoms with Crippen LogP contribution in [0.25, 0.3) is 11.3 Å². The van der Waals surface area contributed by atoms with Crippen LogP contribution >= 0.6 is 11.6 Å². The molecule has 0 bridgehead atoms. The second kappa shape index (κ2) is 5.21. The van der Waals surface area contributed by atoms with E-state index in [1.165, 1.54) is 0 Å². The molecule has 0 spiro atoms. The zero-order chi connectivity index (χ0) is 12.3. The first-order valence-electron chi connectivity index (χ1n) is 5.23. The van der Waals surface area contributed by atoms with Gasteiger partial charge in [0.05, 0.1) is 18.3 Å². The predicted molar refractivity (Wildman–Crippen MR) is 66.3 cm³/mol. The lowest BCUT2D eigenvalue weighted by molar-refractivity contribution is 0.414. The molecular weight excluding hydrogens is 240 g/mol. The van der Waals surface area contributed by atoms with Crippen LogP contribution in [0.5, 0.6) is 5.75 Å². The fraction of sp³-hybridized carbons (Fsp3) is 0.250. The van der Waals surface area contributed by atoms with Gasteiger partial charge in [-0.25, -0.2) is 0 Å². The molecule has 0 aliphatic heterocycles. The van der Waals surface area contributed by atoms with Gasteiger partial charge in [-0.3, -0.25) is 0 Å². The van der Waals surface area contributed by atoms with Crippen molar-refractivity contribution in [1.29, 1.82) is 0 Å². The lowest BCUT2D eigenvalue weighted by Gasteiger charge is -2.05. The third-order valence-electron chi connectivity index (χ3n) is 2.47. The largest absolute Gasteiger partial charge is 0.495 e. The van der Waals surface area contributed by atoms with Crippen molar-refractivity contribution in [2.75, 3.05) is 13.7 Å². The van der Waals surface area contributed by atoms with E-state index in [0.29, 0.717) is 23.1 Å².